The van der Waals surface area contributed by atoms with E-state index in [1.165, 1.54) is 0 Å². The molecule has 0 aromatic heterocycles. The highest BCUT2D eigenvalue weighted by Gasteiger charge is 2.08. The van der Waals surface area contributed by atoms with Crippen molar-refractivity contribution < 1.29 is 14.3 Å². The summed E-state index contributed by atoms with van der Waals surface area (Å²) in [5.74, 6) is 1.64. The molecule has 3 aromatic rings. The Morgan fingerprint density at radius 1 is 0.857 bits per heavy atom. The fraction of sp³-hybridized carbons (Fsp3) is 0.208. The van der Waals surface area contributed by atoms with Gasteiger partial charge in [0.1, 0.15) is 18.1 Å². The lowest BCUT2D eigenvalue weighted by molar-refractivity contribution is 0.102. The molecular weight excluding hydrogens is 350 g/mol. The molecule has 28 heavy (non-hydrogen) atoms. The van der Waals surface area contributed by atoms with Gasteiger partial charge >= 0.3 is 0 Å². The molecule has 3 rings (SSSR count). The van der Waals surface area contributed by atoms with Crippen LogP contribution in [0.15, 0.2) is 78.9 Å². The molecule has 0 radical (unpaired) electrons. The summed E-state index contributed by atoms with van der Waals surface area (Å²) in [5, 5.41) is 2.91. The second kappa shape index (κ2) is 9.60. The molecule has 0 heterocycles. The van der Waals surface area contributed by atoms with Crippen LogP contribution in [0.25, 0.3) is 0 Å². The van der Waals surface area contributed by atoms with Gasteiger partial charge in [0.15, 0.2) is 0 Å². The van der Waals surface area contributed by atoms with Gasteiger partial charge in [-0.15, -0.1) is 0 Å². The minimum absolute atomic E-state index is 0.185. The smallest absolute Gasteiger partial charge is 0.255 e. The first-order valence-corrected chi connectivity index (χ1v) is 9.41. The minimum Gasteiger partial charge on any atom is -0.493 e. The second-order valence-electron chi connectivity index (χ2n) is 6.99. The van der Waals surface area contributed by atoms with Crippen molar-refractivity contribution in [2.45, 2.75) is 20.5 Å². The maximum Gasteiger partial charge on any atom is 0.255 e. The fourth-order valence-corrected chi connectivity index (χ4v) is 2.60. The maximum atomic E-state index is 12.6. The number of ether oxygens (including phenoxy) is 2. The van der Waals surface area contributed by atoms with Gasteiger partial charge in [0.25, 0.3) is 5.91 Å². The first kappa shape index (κ1) is 19.5. The molecule has 0 saturated carbocycles. The van der Waals surface area contributed by atoms with E-state index >= 15 is 0 Å². The van der Waals surface area contributed by atoms with Gasteiger partial charge in [0, 0.05) is 17.3 Å². The van der Waals surface area contributed by atoms with Crippen molar-refractivity contribution in [3.8, 4) is 11.5 Å². The molecule has 0 spiro atoms. The Hall–Kier alpha value is -3.27. The molecule has 3 aromatic carbocycles. The summed E-state index contributed by atoms with van der Waals surface area (Å²) < 4.78 is 11.5. The van der Waals surface area contributed by atoms with Crippen LogP contribution < -0.4 is 14.8 Å². The molecule has 0 saturated heterocycles. The zero-order chi connectivity index (χ0) is 19.8. The van der Waals surface area contributed by atoms with Crippen molar-refractivity contribution in [1.29, 1.82) is 0 Å². The largest absolute Gasteiger partial charge is 0.493 e. The van der Waals surface area contributed by atoms with E-state index in [1.54, 1.807) is 12.1 Å². The quantitative estimate of drug-likeness (QED) is 0.561. The lowest BCUT2D eigenvalue weighted by Gasteiger charge is -2.11. The van der Waals surface area contributed by atoms with Gasteiger partial charge in [-0.05, 0) is 41.8 Å². The van der Waals surface area contributed by atoms with Crippen LogP contribution in [0.3, 0.4) is 0 Å². The Labute approximate surface area is 166 Å². The summed E-state index contributed by atoms with van der Waals surface area (Å²) in [4.78, 5) is 12.6. The molecule has 0 aliphatic carbocycles. The molecule has 0 atom stereocenters. The molecule has 4 heteroatoms. The predicted molar refractivity (Wildman–Crippen MR) is 112 cm³/mol. The van der Waals surface area contributed by atoms with Crippen LogP contribution in [0.1, 0.15) is 29.8 Å². The van der Waals surface area contributed by atoms with Crippen molar-refractivity contribution in [2.24, 2.45) is 5.92 Å². The van der Waals surface area contributed by atoms with E-state index in [9.17, 15) is 4.79 Å². The van der Waals surface area contributed by atoms with Crippen LogP contribution in [-0.4, -0.2) is 12.5 Å². The second-order valence-corrected chi connectivity index (χ2v) is 6.99. The van der Waals surface area contributed by atoms with Crippen molar-refractivity contribution >= 4 is 11.6 Å². The number of amides is 1. The van der Waals surface area contributed by atoms with E-state index in [2.05, 4.69) is 19.2 Å². The summed E-state index contributed by atoms with van der Waals surface area (Å²) >= 11 is 0. The third-order valence-electron chi connectivity index (χ3n) is 4.02. The molecule has 0 aliphatic rings. The zero-order valence-electron chi connectivity index (χ0n) is 16.2. The Bertz CT molecular complexity index is 906. The first-order chi connectivity index (χ1) is 13.6. The van der Waals surface area contributed by atoms with Gasteiger partial charge in [-0.2, -0.15) is 0 Å². The molecule has 1 amide bonds. The van der Waals surface area contributed by atoms with E-state index in [0.717, 1.165) is 5.56 Å². The first-order valence-electron chi connectivity index (χ1n) is 9.41. The maximum absolute atomic E-state index is 12.6. The number of benzene rings is 3. The normalized spacial score (nSPS) is 10.5. The SMILES string of the molecule is CC(C)COc1cccc(C(=O)Nc2cccc(OCc3ccccc3)c2)c1. The van der Waals surface area contributed by atoms with E-state index in [1.807, 2.05) is 66.7 Å². The van der Waals surface area contributed by atoms with Crippen LogP contribution in [-0.2, 0) is 6.61 Å². The van der Waals surface area contributed by atoms with Crippen molar-refractivity contribution in [1.82, 2.24) is 0 Å². The molecule has 0 aliphatic heterocycles. The number of nitrogens with one attached hydrogen (secondary N) is 1. The number of carbonyl (C=O) groups excluding carboxylic acids is 1. The molecule has 0 bridgehead atoms. The van der Waals surface area contributed by atoms with Gasteiger partial charge in [0.05, 0.1) is 6.61 Å². The van der Waals surface area contributed by atoms with Gasteiger partial charge in [-0.1, -0.05) is 56.3 Å². The Morgan fingerprint density at radius 3 is 2.32 bits per heavy atom. The van der Waals surface area contributed by atoms with Gasteiger partial charge in [0.2, 0.25) is 0 Å². The van der Waals surface area contributed by atoms with Crippen LogP contribution >= 0.6 is 0 Å². The number of hydrogen-bond acceptors (Lipinski definition) is 3. The summed E-state index contributed by atoms with van der Waals surface area (Å²) in [7, 11) is 0. The minimum atomic E-state index is -0.185. The van der Waals surface area contributed by atoms with Crippen LogP contribution in [0.4, 0.5) is 5.69 Å². The lowest BCUT2D eigenvalue weighted by Crippen LogP contribution is -2.12. The third-order valence-corrected chi connectivity index (χ3v) is 4.02. The van der Waals surface area contributed by atoms with Gasteiger partial charge in [-0.3, -0.25) is 4.79 Å². The molecule has 144 valence electrons. The van der Waals surface area contributed by atoms with E-state index in [-0.39, 0.29) is 5.91 Å². The monoisotopic (exact) mass is 375 g/mol. The molecule has 0 fully saturated rings. The van der Waals surface area contributed by atoms with E-state index in [4.69, 9.17) is 9.47 Å². The average Bonchev–Trinajstić information content (AvgIpc) is 2.72. The predicted octanol–water partition coefficient (Wildman–Crippen LogP) is 5.55. The standard InChI is InChI=1S/C24H25NO3/c1-18(2)16-27-22-12-6-10-20(14-22)24(26)25-21-11-7-13-23(15-21)28-17-19-8-4-3-5-9-19/h3-15,18H,16-17H2,1-2H3,(H,25,26). The highest BCUT2D eigenvalue weighted by Crippen LogP contribution is 2.20. The van der Waals surface area contributed by atoms with Gasteiger partial charge < -0.3 is 14.8 Å². The number of hydrogen-bond donors (Lipinski definition) is 1. The van der Waals surface area contributed by atoms with E-state index < -0.39 is 0 Å². The number of rotatable bonds is 8. The summed E-state index contributed by atoms with van der Waals surface area (Å²) in [6.07, 6.45) is 0. The highest BCUT2D eigenvalue weighted by molar-refractivity contribution is 6.04. The lowest BCUT2D eigenvalue weighted by atomic mass is 10.2. The van der Waals surface area contributed by atoms with Crippen molar-refractivity contribution in [3.63, 3.8) is 0 Å². The zero-order valence-corrected chi connectivity index (χ0v) is 16.2. The van der Waals surface area contributed by atoms with Crippen molar-refractivity contribution in [3.05, 3.63) is 90.0 Å². The summed E-state index contributed by atoms with van der Waals surface area (Å²) in [6, 6.07) is 24.6. The Kier molecular flexibility index (Phi) is 6.68. The number of anilines is 1. The third kappa shape index (κ3) is 5.88. The molecule has 0 unspecified atom stereocenters. The topological polar surface area (TPSA) is 47.6 Å². The van der Waals surface area contributed by atoms with Crippen LogP contribution in [0.2, 0.25) is 0 Å². The number of carbonyl (C=O) groups is 1. The van der Waals surface area contributed by atoms with Gasteiger partial charge in [-0.25, -0.2) is 0 Å². The summed E-state index contributed by atoms with van der Waals surface area (Å²) in [5.41, 5.74) is 2.33. The molecule has 1 N–H and O–H groups in total. The highest BCUT2D eigenvalue weighted by atomic mass is 16.5. The van der Waals surface area contributed by atoms with E-state index in [0.29, 0.717) is 41.9 Å². The molecular formula is C24H25NO3. The average molecular weight is 375 g/mol. The Balaban J connectivity index is 1.62. The fourth-order valence-electron chi connectivity index (χ4n) is 2.60. The summed E-state index contributed by atoms with van der Waals surface area (Å²) in [6.45, 7) is 5.27. The van der Waals surface area contributed by atoms with Crippen molar-refractivity contribution in [2.75, 3.05) is 11.9 Å². The molecule has 4 nitrogen and oxygen atoms in total. The van der Waals surface area contributed by atoms with Crippen LogP contribution in [0.5, 0.6) is 11.5 Å². The van der Waals surface area contributed by atoms with Crippen LogP contribution in [0, 0.1) is 5.92 Å². The Morgan fingerprint density at radius 2 is 1.57 bits per heavy atom.